The van der Waals surface area contributed by atoms with Crippen LogP contribution in [0.15, 0.2) is 29.2 Å². The minimum absolute atomic E-state index is 0.0268. The van der Waals surface area contributed by atoms with Gasteiger partial charge in [-0.15, -0.1) is 11.8 Å². The van der Waals surface area contributed by atoms with Gasteiger partial charge in [-0.3, -0.25) is 9.59 Å². The standard InChI is InChI=1S/C17H24N2O2S/c1-4-12(2)18-16(20)9-10-17(21)19-11-13(3)22-15-8-6-5-7-14(15)19/h5-8,12-13H,4,9-11H2,1-3H3,(H,18,20). The number of carbonyl (C=O) groups is 2. The van der Waals surface area contributed by atoms with E-state index in [0.29, 0.717) is 11.8 Å². The maximum absolute atomic E-state index is 12.5. The molecule has 2 atom stereocenters. The van der Waals surface area contributed by atoms with Gasteiger partial charge in [-0.2, -0.15) is 0 Å². The summed E-state index contributed by atoms with van der Waals surface area (Å²) in [5.74, 6) is -0.0191. The van der Waals surface area contributed by atoms with Crippen LogP contribution in [-0.4, -0.2) is 29.7 Å². The van der Waals surface area contributed by atoms with Gasteiger partial charge in [0.1, 0.15) is 0 Å². The number of hydrogen-bond donors (Lipinski definition) is 1. The predicted molar refractivity (Wildman–Crippen MR) is 91.2 cm³/mol. The number of amides is 2. The van der Waals surface area contributed by atoms with E-state index in [-0.39, 0.29) is 30.7 Å². The lowest BCUT2D eigenvalue weighted by atomic mass is 10.2. The van der Waals surface area contributed by atoms with Gasteiger partial charge in [0.25, 0.3) is 0 Å². The molecule has 4 nitrogen and oxygen atoms in total. The molecule has 1 heterocycles. The summed E-state index contributed by atoms with van der Waals surface area (Å²) in [4.78, 5) is 27.3. The van der Waals surface area contributed by atoms with Crippen LogP contribution in [0, 0.1) is 0 Å². The molecule has 2 rings (SSSR count). The molecule has 22 heavy (non-hydrogen) atoms. The van der Waals surface area contributed by atoms with E-state index in [0.717, 1.165) is 17.0 Å². The van der Waals surface area contributed by atoms with E-state index in [4.69, 9.17) is 0 Å². The monoisotopic (exact) mass is 320 g/mol. The second kappa shape index (κ2) is 7.68. The smallest absolute Gasteiger partial charge is 0.227 e. The average Bonchev–Trinajstić information content (AvgIpc) is 2.51. The summed E-state index contributed by atoms with van der Waals surface area (Å²) < 4.78 is 0. The number of para-hydroxylation sites is 1. The Bertz CT molecular complexity index is 547. The molecule has 0 saturated heterocycles. The molecule has 1 N–H and O–H groups in total. The Kier molecular flexibility index (Phi) is 5.89. The van der Waals surface area contributed by atoms with Crippen molar-refractivity contribution in [2.75, 3.05) is 11.4 Å². The Hall–Kier alpha value is -1.49. The Morgan fingerprint density at radius 1 is 1.36 bits per heavy atom. The Morgan fingerprint density at radius 3 is 2.82 bits per heavy atom. The normalized spacial score (nSPS) is 18.5. The van der Waals surface area contributed by atoms with E-state index in [9.17, 15) is 9.59 Å². The molecular formula is C17H24N2O2S. The highest BCUT2D eigenvalue weighted by Crippen LogP contribution is 2.38. The van der Waals surface area contributed by atoms with Crippen LogP contribution in [0.3, 0.4) is 0 Å². The number of thioether (sulfide) groups is 1. The first-order chi connectivity index (χ1) is 10.5. The molecule has 0 aliphatic carbocycles. The van der Waals surface area contributed by atoms with Gasteiger partial charge in [0, 0.05) is 35.6 Å². The summed E-state index contributed by atoms with van der Waals surface area (Å²) in [7, 11) is 0. The maximum atomic E-state index is 12.5. The molecule has 2 unspecified atom stereocenters. The number of carbonyl (C=O) groups excluding carboxylic acids is 2. The molecule has 0 aromatic heterocycles. The lowest BCUT2D eigenvalue weighted by Crippen LogP contribution is -2.39. The van der Waals surface area contributed by atoms with Crippen LogP contribution in [0.5, 0.6) is 0 Å². The number of fused-ring (bicyclic) bond motifs is 1. The van der Waals surface area contributed by atoms with Crippen molar-refractivity contribution >= 4 is 29.3 Å². The number of nitrogens with one attached hydrogen (secondary N) is 1. The van der Waals surface area contributed by atoms with E-state index < -0.39 is 0 Å². The minimum atomic E-state index is -0.0459. The summed E-state index contributed by atoms with van der Waals surface area (Å²) in [5, 5.41) is 3.27. The van der Waals surface area contributed by atoms with Crippen LogP contribution < -0.4 is 10.2 Å². The highest BCUT2D eigenvalue weighted by molar-refractivity contribution is 8.00. The highest BCUT2D eigenvalue weighted by Gasteiger charge is 2.26. The van der Waals surface area contributed by atoms with Gasteiger partial charge in [0.15, 0.2) is 0 Å². The third kappa shape index (κ3) is 4.26. The molecule has 2 amide bonds. The van der Waals surface area contributed by atoms with E-state index in [1.807, 2.05) is 43.0 Å². The van der Waals surface area contributed by atoms with E-state index in [1.165, 1.54) is 0 Å². The van der Waals surface area contributed by atoms with Crippen LogP contribution in [0.4, 0.5) is 5.69 Å². The van der Waals surface area contributed by atoms with Gasteiger partial charge < -0.3 is 10.2 Å². The molecular weight excluding hydrogens is 296 g/mol. The zero-order valence-corrected chi connectivity index (χ0v) is 14.3. The molecule has 0 fully saturated rings. The molecule has 1 aliphatic rings. The first kappa shape index (κ1) is 16.9. The third-order valence-electron chi connectivity index (χ3n) is 3.81. The predicted octanol–water partition coefficient (Wildman–Crippen LogP) is 3.21. The first-order valence-corrected chi connectivity index (χ1v) is 8.74. The quantitative estimate of drug-likeness (QED) is 0.906. The fraction of sp³-hybridized carbons (Fsp3) is 0.529. The average molecular weight is 320 g/mol. The van der Waals surface area contributed by atoms with Crippen molar-refractivity contribution in [3.8, 4) is 0 Å². The number of rotatable bonds is 5. The first-order valence-electron chi connectivity index (χ1n) is 7.86. The van der Waals surface area contributed by atoms with Crippen molar-refractivity contribution in [1.82, 2.24) is 5.32 Å². The Morgan fingerprint density at radius 2 is 2.09 bits per heavy atom. The Labute approximate surface area is 136 Å². The second-order valence-electron chi connectivity index (χ2n) is 5.78. The number of benzene rings is 1. The van der Waals surface area contributed by atoms with Crippen LogP contribution in [0.25, 0.3) is 0 Å². The van der Waals surface area contributed by atoms with Crippen LogP contribution in [0.2, 0.25) is 0 Å². The molecule has 120 valence electrons. The summed E-state index contributed by atoms with van der Waals surface area (Å²) >= 11 is 1.80. The van der Waals surface area contributed by atoms with Gasteiger partial charge in [-0.25, -0.2) is 0 Å². The molecule has 0 radical (unpaired) electrons. The van der Waals surface area contributed by atoms with Crippen molar-refractivity contribution < 1.29 is 9.59 Å². The number of hydrogen-bond acceptors (Lipinski definition) is 3. The van der Waals surface area contributed by atoms with E-state index in [2.05, 4.69) is 12.2 Å². The van der Waals surface area contributed by atoms with Crippen molar-refractivity contribution in [1.29, 1.82) is 0 Å². The molecule has 1 aliphatic heterocycles. The molecule has 0 spiro atoms. The largest absolute Gasteiger partial charge is 0.354 e. The summed E-state index contributed by atoms with van der Waals surface area (Å²) in [6, 6.07) is 8.13. The van der Waals surface area contributed by atoms with Gasteiger partial charge in [0.05, 0.1) is 5.69 Å². The fourth-order valence-corrected chi connectivity index (χ4v) is 3.54. The lowest BCUT2D eigenvalue weighted by Gasteiger charge is -2.32. The van der Waals surface area contributed by atoms with Crippen molar-refractivity contribution in [3.05, 3.63) is 24.3 Å². The summed E-state index contributed by atoms with van der Waals surface area (Å²) in [6.07, 6.45) is 1.41. The van der Waals surface area contributed by atoms with Gasteiger partial charge in [-0.1, -0.05) is 26.0 Å². The van der Waals surface area contributed by atoms with Crippen molar-refractivity contribution in [2.24, 2.45) is 0 Å². The molecule has 1 aromatic rings. The van der Waals surface area contributed by atoms with E-state index in [1.54, 1.807) is 11.8 Å². The molecule has 1 aromatic carbocycles. The third-order valence-corrected chi connectivity index (χ3v) is 4.96. The SMILES string of the molecule is CCC(C)NC(=O)CCC(=O)N1CC(C)Sc2ccccc21. The molecule has 5 heteroatoms. The summed E-state index contributed by atoms with van der Waals surface area (Å²) in [5.41, 5.74) is 0.970. The number of anilines is 1. The molecule has 0 bridgehead atoms. The Balaban J connectivity index is 1.97. The minimum Gasteiger partial charge on any atom is -0.354 e. The summed E-state index contributed by atoms with van der Waals surface area (Å²) in [6.45, 7) is 6.82. The topological polar surface area (TPSA) is 49.4 Å². The molecule has 0 saturated carbocycles. The maximum Gasteiger partial charge on any atom is 0.227 e. The highest BCUT2D eigenvalue weighted by atomic mass is 32.2. The van der Waals surface area contributed by atoms with Gasteiger partial charge in [-0.05, 0) is 25.5 Å². The van der Waals surface area contributed by atoms with Gasteiger partial charge in [0.2, 0.25) is 11.8 Å². The van der Waals surface area contributed by atoms with Crippen molar-refractivity contribution in [3.63, 3.8) is 0 Å². The fourth-order valence-electron chi connectivity index (χ4n) is 2.43. The number of nitrogens with zero attached hydrogens (tertiary/aromatic N) is 1. The van der Waals surface area contributed by atoms with Crippen LogP contribution in [-0.2, 0) is 9.59 Å². The zero-order chi connectivity index (χ0) is 16.1. The van der Waals surface area contributed by atoms with Crippen molar-refractivity contribution in [2.45, 2.75) is 56.2 Å². The van der Waals surface area contributed by atoms with E-state index >= 15 is 0 Å². The lowest BCUT2D eigenvalue weighted by molar-refractivity contribution is -0.125. The zero-order valence-electron chi connectivity index (χ0n) is 13.5. The van der Waals surface area contributed by atoms with Crippen LogP contribution >= 0.6 is 11.8 Å². The van der Waals surface area contributed by atoms with Crippen LogP contribution in [0.1, 0.15) is 40.0 Å². The second-order valence-corrected chi connectivity index (χ2v) is 7.26. The van der Waals surface area contributed by atoms with Gasteiger partial charge >= 0.3 is 0 Å².